The second-order valence-electron chi connectivity index (χ2n) is 7.89. The molecular formula is C24H24ClN3O3. The summed E-state index contributed by atoms with van der Waals surface area (Å²) in [4.78, 5) is 34.1. The number of benzene rings is 2. The van der Waals surface area contributed by atoms with Gasteiger partial charge in [-0.2, -0.15) is 0 Å². The number of aromatic nitrogens is 1. The van der Waals surface area contributed by atoms with Crippen LogP contribution in [0.25, 0.3) is 10.9 Å². The lowest BCUT2D eigenvalue weighted by Crippen LogP contribution is -2.29. The third kappa shape index (κ3) is 4.08. The number of ether oxygens (including phenoxy) is 1. The van der Waals surface area contributed by atoms with Crippen LogP contribution in [-0.4, -0.2) is 60.9 Å². The van der Waals surface area contributed by atoms with Crippen molar-refractivity contribution in [2.75, 3.05) is 34.3 Å². The molecule has 2 amide bonds. The standard InChI is InChI=1S/C24H24ClN3O3/c1-27(2)23(29)18-13-21(26-20-7-5-4-6-17(18)20)15-10-11-28(14-15)24(30)19-12-16(25)8-9-22(19)31-3/h4-9,12-13,15H,10-11,14H2,1-3H3. The average Bonchev–Trinajstić information content (AvgIpc) is 3.27. The SMILES string of the molecule is COc1ccc(Cl)cc1C(=O)N1CCC(c2cc(C(=O)N(C)C)c3ccccc3n2)C1. The van der Waals surface area contributed by atoms with Gasteiger partial charge in [0.15, 0.2) is 0 Å². The van der Waals surface area contributed by atoms with E-state index in [0.717, 1.165) is 23.0 Å². The zero-order valence-corrected chi connectivity index (χ0v) is 18.5. The van der Waals surface area contributed by atoms with Gasteiger partial charge in [-0.1, -0.05) is 29.8 Å². The molecule has 0 saturated carbocycles. The maximum Gasteiger partial charge on any atom is 0.257 e. The summed E-state index contributed by atoms with van der Waals surface area (Å²) in [5, 5.41) is 1.32. The summed E-state index contributed by atoms with van der Waals surface area (Å²) in [6.07, 6.45) is 0.773. The number of hydrogen-bond donors (Lipinski definition) is 0. The maximum absolute atomic E-state index is 13.1. The van der Waals surface area contributed by atoms with Crippen molar-refractivity contribution in [3.63, 3.8) is 0 Å². The van der Waals surface area contributed by atoms with Crippen molar-refractivity contribution in [1.82, 2.24) is 14.8 Å². The Kier molecular flexibility index (Phi) is 5.83. The number of carbonyl (C=O) groups excluding carboxylic acids is 2. The summed E-state index contributed by atoms with van der Waals surface area (Å²) in [5.41, 5.74) is 2.70. The fraction of sp³-hybridized carbons (Fsp3) is 0.292. The summed E-state index contributed by atoms with van der Waals surface area (Å²) in [7, 11) is 5.02. The van der Waals surface area contributed by atoms with Crippen LogP contribution in [0.15, 0.2) is 48.5 Å². The first-order valence-corrected chi connectivity index (χ1v) is 10.5. The van der Waals surface area contributed by atoms with E-state index in [1.54, 1.807) is 42.1 Å². The Labute approximate surface area is 186 Å². The third-order valence-electron chi connectivity index (χ3n) is 5.66. The van der Waals surface area contributed by atoms with Crippen LogP contribution in [0.1, 0.15) is 38.7 Å². The minimum Gasteiger partial charge on any atom is -0.496 e. The first-order valence-electron chi connectivity index (χ1n) is 10.1. The number of likely N-dealkylation sites (tertiary alicyclic amines) is 1. The van der Waals surface area contributed by atoms with E-state index >= 15 is 0 Å². The normalized spacial score (nSPS) is 15.9. The molecule has 1 saturated heterocycles. The molecule has 7 heteroatoms. The molecule has 160 valence electrons. The van der Waals surface area contributed by atoms with Gasteiger partial charge < -0.3 is 14.5 Å². The van der Waals surface area contributed by atoms with Gasteiger partial charge in [0.05, 0.1) is 23.8 Å². The van der Waals surface area contributed by atoms with Crippen LogP contribution in [0, 0.1) is 0 Å². The van der Waals surface area contributed by atoms with E-state index in [0.29, 0.717) is 35.0 Å². The van der Waals surface area contributed by atoms with E-state index in [1.165, 1.54) is 7.11 Å². The number of para-hydroxylation sites is 1. The molecule has 1 unspecified atom stereocenters. The van der Waals surface area contributed by atoms with Gasteiger partial charge >= 0.3 is 0 Å². The molecule has 2 heterocycles. The van der Waals surface area contributed by atoms with Crippen LogP contribution in [0.5, 0.6) is 5.75 Å². The lowest BCUT2D eigenvalue weighted by atomic mass is 9.99. The average molecular weight is 438 g/mol. The highest BCUT2D eigenvalue weighted by Gasteiger charge is 2.31. The number of halogens is 1. The Balaban J connectivity index is 1.65. The Morgan fingerprint density at radius 3 is 2.65 bits per heavy atom. The van der Waals surface area contributed by atoms with Crippen LogP contribution >= 0.6 is 11.6 Å². The van der Waals surface area contributed by atoms with Gasteiger partial charge in [-0.05, 0) is 36.8 Å². The van der Waals surface area contributed by atoms with Crippen molar-refractivity contribution >= 4 is 34.3 Å². The smallest absolute Gasteiger partial charge is 0.257 e. The zero-order valence-electron chi connectivity index (χ0n) is 17.8. The molecule has 31 heavy (non-hydrogen) atoms. The molecule has 0 aliphatic carbocycles. The molecular weight excluding hydrogens is 414 g/mol. The van der Waals surface area contributed by atoms with Gasteiger partial charge in [-0.25, -0.2) is 0 Å². The van der Waals surface area contributed by atoms with Crippen LogP contribution in [0.2, 0.25) is 5.02 Å². The fourth-order valence-electron chi connectivity index (χ4n) is 4.03. The van der Waals surface area contributed by atoms with E-state index in [4.69, 9.17) is 21.3 Å². The van der Waals surface area contributed by atoms with Crippen LogP contribution in [0.3, 0.4) is 0 Å². The molecule has 1 aliphatic rings. The molecule has 4 rings (SSSR count). The van der Waals surface area contributed by atoms with Crippen LogP contribution < -0.4 is 4.74 Å². The second kappa shape index (κ2) is 8.55. The molecule has 0 N–H and O–H groups in total. The van der Waals surface area contributed by atoms with E-state index < -0.39 is 0 Å². The molecule has 0 bridgehead atoms. The van der Waals surface area contributed by atoms with Gasteiger partial charge in [0.1, 0.15) is 5.75 Å². The highest BCUT2D eigenvalue weighted by atomic mass is 35.5. The molecule has 6 nitrogen and oxygen atoms in total. The number of carbonyl (C=O) groups is 2. The van der Waals surface area contributed by atoms with Crippen molar-refractivity contribution in [2.45, 2.75) is 12.3 Å². The van der Waals surface area contributed by atoms with Crippen LogP contribution in [-0.2, 0) is 0 Å². The predicted molar refractivity (Wildman–Crippen MR) is 121 cm³/mol. The number of amides is 2. The zero-order chi connectivity index (χ0) is 22.1. The third-order valence-corrected chi connectivity index (χ3v) is 5.89. The topological polar surface area (TPSA) is 62.7 Å². The Bertz CT molecular complexity index is 1160. The summed E-state index contributed by atoms with van der Waals surface area (Å²) in [6, 6.07) is 14.6. The predicted octanol–water partition coefficient (Wildman–Crippen LogP) is 4.23. The first kappa shape index (κ1) is 21.1. The molecule has 0 radical (unpaired) electrons. The van der Waals surface area contributed by atoms with Gasteiger partial charge in [-0.15, -0.1) is 0 Å². The van der Waals surface area contributed by atoms with E-state index in [1.807, 2.05) is 30.3 Å². The molecule has 2 aromatic carbocycles. The summed E-state index contributed by atoms with van der Waals surface area (Å²) in [6.45, 7) is 1.13. The number of pyridine rings is 1. The quantitative estimate of drug-likeness (QED) is 0.612. The first-order chi connectivity index (χ1) is 14.9. The number of hydrogen-bond acceptors (Lipinski definition) is 4. The monoisotopic (exact) mass is 437 g/mol. The molecule has 3 aromatic rings. The van der Waals surface area contributed by atoms with Crippen molar-refractivity contribution < 1.29 is 14.3 Å². The van der Waals surface area contributed by atoms with Crippen molar-refractivity contribution in [3.8, 4) is 5.75 Å². The minimum atomic E-state index is -0.118. The fourth-order valence-corrected chi connectivity index (χ4v) is 4.20. The number of fused-ring (bicyclic) bond motifs is 1. The summed E-state index contributed by atoms with van der Waals surface area (Å²) in [5.74, 6) is 0.370. The highest BCUT2D eigenvalue weighted by Crippen LogP contribution is 2.32. The van der Waals surface area contributed by atoms with Crippen molar-refractivity contribution in [3.05, 3.63) is 70.4 Å². The lowest BCUT2D eigenvalue weighted by molar-refractivity contribution is 0.0785. The van der Waals surface area contributed by atoms with Crippen molar-refractivity contribution in [2.24, 2.45) is 0 Å². The molecule has 1 atom stereocenters. The highest BCUT2D eigenvalue weighted by molar-refractivity contribution is 6.31. The van der Waals surface area contributed by atoms with E-state index in [-0.39, 0.29) is 17.7 Å². The molecule has 1 aromatic heterocycles. The molecule has 1 fully saturated rings. The van der Waals surface area contributed by atoms with Crippen LogP contribution in [0.4, 0.5) is 0 Å². The van der Waals surface area contributed by atoms with E-state index in [2.05, 4.69) is 0 Å². The van der Waals surface area contributed by atoms with E-state index in [9.17, 15) is 9.59 Å². The number of methoxy groups -OCH3 is 1. The molecule has 1 aliphatic heterocycles. The summed E-state index contributed by atoms with van der Waals surface area (Å²) >= 11 is 6.10. The van der Waals surface area contributed by atoms with Gasteiger partial charge in [0, 0.05) is 49.2 Å². The van der Waals surface area contributed by atoms with Gasteiger partial charge in [0.2, 0.25) is 0 Å². The summed E-state index contributed by atoms with van der Waals surface area (Å²) < 4.78 is 5.34. The number of rotatable bonds is 4. The van der Waals surface area contributed by atoms with Gasteiger partial charge in [0.25, 0.3) is 11.8 Å². The second-order valence-corrected chi connectivity index (χ2v) is 8.33. The Morgan fingerprint density at radius 1 is 1.13 bits per heavy atom. The molecule has 0 spiro atoms. The van der Waals surface area contributed by atoms with Gasteiger partial charge in [-0.3, -0.25) is 14.6 Å². The Hall–Kier alpha value is -3.12. The largest absolute Gasteiger partial charge is 0.496 e. The maximum atomic E-state index is 13.1. The van der Waals surface area contributed by atoms with Crippen molar-refractivity contribution in [1.29, 1.82) is 0 Å². The lowest BCUT2D eigenvalue weighted by Gasteiger charge is -2.19. The minimum absolute atomic E-state index is 0.0486. The number of nitrogens with zero attached hydrogens (tertiary/aromatic N) is 3. The Morgan fingerprint density at radius 2 is 1.90 bits per heavy atom.